The van der Waals surface area contributed by atoms with Gasteiger partial charge in [0.25, 0.3) is 0 Å². The first kappa shape index (κ1) is 27.8. The number of ether oxygens (including phenoxy) is 1. The summed E-state index contributed by atoms with van der Waals surface area (Å²) in [6.45, 7) is -0.888. The zero-order chi connectivity index (χ0) is 28.3. The van der Waals surface area contributed by atoms with E-state index in [1.807, 2.05) is 30.3 Å². The maximum atomic E-state index is 11.4. The molecule has 0 bridgehead atoms. The Bertz CT molecular complexity index is 1710. The van der Waals surface area contributed by atoms with E-state index >= 15 is 0 Å². The number of hydrogen-bond acceptors (Lipinski definition) is 10. The number of aromatic nitrogens is 3. The van der Waals surface area contributed by atoms with Crippen molar-refractivity contribution in [3.63, 3.8) is 0 Å². The second-order valence-corrected chi connectivity index (χ2v) is 10.8. The van der Waals surface area contributed by atoms with Gasteiger partial charge >= 0.3 is 7.82 Å². The molecule has 0 atom stereocenters. The van der Waals surface area contributed by atoms with Crippen molar-refractivity contribution in [1.82, 2.24) is 14.4 Å². The summed E-state index contributed by atoms with van der Waals surface area (Å²) in [5.74, 6) is 0.556. The standard InChI is InChI=1S/C25H23N3O10P2/c29-39(30,31)37-16-36-25-22(14-19-10-5-11-35-19)27-24-21(12-17-6-2-1-3-7-17)26-23(15-28(24)25)18-8-4-9-20(13-18)38-40(32,33)34/h1-11,13,15H,12,14,16H2,(H2,29,30,31)(H2,32,33,34)/p-2. The number of phosphoric ester groups is 2. The molecule has 2 aromatic carbocycles. The Balaban J connectivity index is 1.66. The van der Waals surface area contributed by atoms with Crippen LogP contribution in [-0.2, 0) is 26.5 Å². The molecule has 2 N–H and O–H groups in total. The van der Waals surface area contributed by atoms with Crippen LogP contribution in [0.2, 0.25) is 0 Å². The van der Waals surface area contributed by atoms with Gasteiger partial charge in [-0.3, -0.25) is 14.2 Å². The molecule has 0 amide bonds. The Labute approximate surface area is 227 Å². The van der Waals surface area contributed by atoms with Crippen LogP contribution in [0, 0.1) is 0 Å². The molecule has 15 heteroatoms. The molecule has 208 valence electrons. The molecule has 0 spiro atoms. The largest absolute Gasteiger partial charge is 0.790 e. The summed E-state index contributed by atoms with van der Waals surface area (Å²) in [7, 11) is -10.1. The van der Waals surface area contributed by atoms with E-state index in [-0.39, 0.29) is 18.1 Å². The van der Waals surface area contributed by atoms with Crippen LogP contribution in [0.4, 0.5) is 0 Å². The molecule has 0 unspecified atom stereocenters. The maximum absolute atomic E-state index is 11.4. The first-order chi connectivity index (χ1) is 19.0. The lowest BCUT2D eigenvalue weighted by Crippen LogP contribution is -2.19. The molecule has 0 aliphatic heterocycles. The molecule has 0 saturated heterocycles. The van der Waals surface area contributed by atoms with Crippen LogP contribution in [0.25, 0.3) is 16.9 Å². The highest BCUT2D eigenvalue weighted by molar-refractivity contribution is 7.46. The Morgan fingerprint density at radius 1 is 0.925 bits per heavy atom. The van der Waals surface area contributed by atoms with Gasteiger partial charge in [-0.05, 0) is 29.8 Å². The van der Waals surface area contributed by atoms with Crippen LogP contribution < -0.4 is 19.0 Å². The monoisotopic (exact) mass is 585 g/mol. The lowest BCUT2D eigenvalue weighted by Gasteiger charge is -2.28. The van der Waals surface area contributed by atoms with E-state index in [1.165, 1.54) is 18.4 Å². The molecule has 3 heterocycles. The highest BCUT2D eigenvalue weighted by Crippen LogP contribution is 2.39. The van der Waals surface area contributed by atoms with Gasteiger partial charge in [0.05, 0.1) is 31.9 Å². The number of imidazole rings is 1. The normalized spacial score (nSPS) is 12.1. The van der Waals surface area contributed by atoms with Crippen molar-refractivity contribution in [2.75, 3.05) is 6.79 Å². The lowest BCUT2D eigenvalue weighted by molar-refractivity contribution is -0.344. The minimum Gasteiger partial charge on any atom is -0.790 e. The molecular weight excluding hydrogens is 564 g/mol. The van der Waals surface area contributed by atoms with E-state index in [0.717, 1.165) is 5.56 Å². The van der Waals surface area contributed by atoms with Crippen LogP contribution in [0.3, 0.4) is 0 Å². The number of hydrogen-bond donors (Lipinski definition) is 2. The Morgan fingerprint density at radius 2 is 1.73 bits per heavy atom. The second kappa shape index (κ2) is 11.4. The fraction of sp³-hybridized carbons (Fsp3) is 0.120. The summed E-state index contributed by atoms with van der Waals surface area (Å²) in [5, 5.41) is 0. The predicted molar refractivity (Wildman–Crippen MR) is 136 cm³/mol. The fourth-order valence-electron chi connectivity index (χ4n) is 4.02. The number of furan rings is 1. The zero-order valence-corrected chi connectivity index (χ0v) is 22.3. The van der Waals surface area contributed by atoms with Gasteiger partial charge in [0.15, 0.2) is 12.4 Å². The van der Waals surface area contributed by atoms with Crippen LogP contribution in [0.5, 0.6) is 11.6 Å². The average molecular weight is 585 g/mol. The van der Waals surface area contributed by atoms with Crippen LogP contribution in [0.15, 0.2) is 83.6 Å². The van der Waals surface area contributed by atoms with Crippen molar-refractivity contribution < 1.29 is 46.9 Å². The third-order valence-corrected chi connectivity index (χ3v) is 6.47. The third kappa shape index (κ3) is 7.04. The maximum Gasteiger partial charge on any atom is 0.524 e. The van der Waals surface area contributed by atoms with Gasteiger partial charge in [0.2, 0.25) is 5.88 Å². The predicted octanol–water partition coefficient (Wildman–Crippen LogP) is 2.82. The smallest absolute Gasteiger partial charge is 0.524 e. The zero-order valence-electron chi connectivity index (χ0n) is 20.5. The average Bonchev–Trinajstić information content (AvgIpc) is 3.52. The van der Waals surface area contributed by atoms with Crippen molar-refractivity contribution in [3.05, 3.63) is 102 Å². The molecular formula is C25H21N3O10P2-2. The van der Waals surface area contributed by atoms with Crippen molar-refractivity contribution in [2.45, 2.75) is 12.8 Å². The van der Waals surface area contributed by atoms with Crippen molar-refractivity contribution in [1.29, 1.82) is 0 Å². The summed E-state index contributed by atoms with van der Waals surface area (Å²) >= 11 is 0. The summed E-state index contributed by atoms with van der Waals surface area (Å²) in [4.78, 5) is 50.0. The molecule has 5 rings (SSSR count). The Hall–Kier alpha value is -3.80. The molecule has 13 nitrogen and oxygen atoms in total. The number of benzene rings is 2. The summed E-state index contributed by atoms with van der Waals surface area (Å²) in [6, 6.07) is 18.9. The number of phosphoric acid groups is 2. The number of fused-ring (bicyclic) bond motifs is 1. The van der Waals surface area contributed by atoms with Gasteiger partial charge in [-0.15, -0.1) is 0 Å². The molecule has 0 radical (unpaired) electrons. The molecule has 0 saturated carbocycles. The third-order valence-electron chi connectivity index (χ3n) is 5.60. The van der Waals surface area contributed by atoms with E-state index in [0.29, 0.717) is 40.5 Å². The molecule has 40 heavy (non-hydrogen) atoms. The summed E-state index contributed by atoms with van der Waals surface area (Å²) in [6.07, 6.45) is 3.57. The van der Waals surface area contributed by atoms with E-state index in [1.54, 1.807) is 34.9 Å². The summed E-state index contributed by atoms with van der Waals surface area (Å²) < 4.78 is 44.0. The minimum atomic E-state index is -5.31. The van der Waals surface area contributed by atoms with Gasteiger partial charge in [-0.2, -0.15) is 0 Å². The van der Waals surface area contributed by atoms with E-state index in [4.69, 9.17) is 23.6 Å². The highest BCUT2D eigenvalue weighted by Gasteiger charge is 2.21. The molecule has 5 aromatic rings. The first-order valence-corrected chi connectivity index (χ1v) is 14.7. The van der Waals surface area contributed by atoms with Crippen LogP contribution >= 0.6 is 15.6 Å². The van der Waals surface area contributed by atoms with Crippen molar-refractivity contribution in [3.8, 4) is 22.9 Å². The molecule has 0 aliphatic rings. The summed E-state index contributed by atoms with van der Waals surface area (Å²) in [5.41, 5.74) is 3.00. The number of rotatable bonds is 11. The Kier molecular flexibility index (Phi) is 7.88. The quantitative estimate of drug-likeness (QED) is 0.170. The van der Waals surface area contributed by atoms with Gasteiger partial charge < -0.3 is 32.6 Å². The van der Waals surface area contributed by atoms with Crippen LogP contribution in [0.1, 0.15) is 22.7 Å². The van der Waals surface area contributed by atoms with Crippen molar-refractivity contribution >= 4 is 21.3 Å². The van der Waals surface area contributed by atoms with Crippen molar-refractivity contribution in [2.24, 2.45) is 0 Å². The Morgan fingerprint density at radius 3 is 2.42 bits per heavy atom. The first-order valence-electron chi connectivity index (χ1n) is 11.7. The molecule has 3 aromatic heterocycles. The highest BCUT2D eigenvalue weighted by atomic mass is 31.2. The lowest BCUT2D eigenvalue weighted by atomic mass is 10.1. The fourth-order valence-corrected chi connectivity index (χ4v) is 4.59. The minimum absolute atomic E-state index is 0.0759. The van der Waals surface area contributed by atoms with Gasteiger partial charge in [0, 0.05) is 18.2 Å². The van der Waals surface area contributed by atoms with E-state index in [2.05, 4.69) is 4.52 Å². The van der Waals surface area contributed by atoms with Gasteiger partial charge in [-0.25, -0.2) is 14.5 Å². The second-order valence-electron chi connectivity index (χ2n) is 8.50. The van der Waals surface area contributed by atoms with E-state index < -0.39 is 22.4 Å². The van der Waals surface area contributed by atoms with E-state index in [9.17, 15) is 28.7 Å². The molecule has 0 fully saturated rings. The van der Waals surface area contributed by atoms with Gasteiger partial charge in [0.1, 0.15) is 17.2 Å². The number of nitrogens with zero attached hydrogens (tertiary/aromatic N) is 3. The molecule has 0 aliphatic carbocycles. The van der Waals surface area contributed by atoms with Gasteiger partial charge in [-0.1, -0.05) is 42.5 Å². The topological polar surface area (TPSA) is 192 Å². The van der Waals surface area contributed by atoms with Crippen LogP contribution in [-0.4, -0.2) is 30.9 Å². The SMILES string of the molecule is O=P([O-])([O-])OCOc1c(Cc2ccco2)nc2c(Cc3ccccc3)nc(-c3cccc(OP(=O)(O)O)c3)cn12.